The maximum absolute atomic E-state index is 11.3. The molecule has 1 aromatic rings. The van der Waals surface area contributed by atoms with E-state index >= 15 is 0 Å². The summed E-state index contributed by atoms with van der Waals surface area (Å²) < 4.78 is 17.7. The van der Waals surface area contributed by atoms with Gasteiger partial charge >= 0.3 is 17.9 Å². The van der Waals surface area contributed by atoms with Crippen LogP contribution in [0.25, 0.3) is 0 Å². The van der Waals surface area contributed by atoms with Gasteiger partial charge in [0.15, 0.2) is 6.10 Å². The Hall–Kier alpha value is -2.09. The summed E-state index contributed by atoms with van der Waals surface area (Å²) in [5.41, 5.74) is 0. The van der Waals surface area contributed by atoms with Crippen molar-refractivity contribution in [3.8, 4) is 0 Å². The first kappa shape index (κ1) is 15.0. The van der Waals surface area contributed by atoms with Crippen LogP contribution in [0, 0.1) is 0 Å². The number of aromatic nitrogens is 1. The molecule has 0 N–H and O–H groups in total. The van der Waals surface area contributed by atoms with E-state index in [9.17, 15) is 14.4 Å². The highest BCUT2D eigenvalue weighted by Crippen LogP contribution is 2.21. The zero-order chi connectivity index (χ0) is 14.4. The van der Waals surface area contributed by atoms with E-state index in [-0.39, 0.29) is 5.89 Å². The highest BCUT2D eigenvalue weighted by Gasteiger charge is 2.25. The van der Waals surface area contributed by atoms with Gasteiger partial charge in [0.2, 0.25) is 0 Å². The number of ether oxygens (including phenoxy) is 2. The third kappa shape index (κ3) is 4.59. The van der Waals surface area contributed by atoms with Crippen LogP contribution in [0.15, 0.2) is 25.3 Å². The van der Waals surface area contributed by atoms with Gasteiger partial charge in [0.05, 0.1) is 0 Å². The SMILES string of the molecule is C=C(Cl)C(=O)OC(=O)OC(CCC)c1noc(=O)o1. The summed E-state index contributed by atoms with van der Waals surface area (Å²) in [6.45, 7) is 4.88. The smallest absolute Gasteiger partial charge is 0.420 e. The molecule has 8 nitrogen and oxygen atoms in total. The lowest BCUT2D eigenvalue weighted by Gasteiger charge is -2.11. The number of halogens is 1. The second-order valence-corrected chi connectivity index (χ2v) is 3.77. The number of carbonyl (C=O) groups is 2. The van der Waals surface area contributed by atoms with Crippen LogP contribution in [0.5, 0.6) is 0 Å². The van der Waals surface area contributed by atoms with E-state index in [1.165, 1.54) is 0 Å². The molecule has 9 heteroatoms. The Balaban J connectivity index is 2.69. The first-order valence-electron chi connectivity index (χ1n) is 5.18. The van der Waals surface area contributed by atoms with Crippen molar-refractivity contribution < 1.29 is 28.0 Å². The summed E-state index contributed by atoms with van der Waals surface area (Å²) in [4.78, 5) is 33.0. The predicted octanol–water partition coefficient (Wildman–Crippen LogP) is 1.90. The first-order chi connectivity index (χ1) is 8.93. The number of esters is 1. The monoisotopic (exact) mass is 291 g/mol. The summed E-state index contributed by atoms with van der Waals surface area (Å²) >= 11 is 5.23. The van der Waals surface area contributed by atoms with E-state index in [1.807, 2.05) is 0 Å². The van der Waals surface area contributed by atoms with Crippen molar-refractivity contribution in [3.63, 3.8) is 0 Å². The molecule has 0 fully saturated rings. The Bertz CT molecular complexity index is 532. The van der Waals surface area contributed by atoms with Crippen LogP contribution in [-0.4, -0.2) is 17.3 Å². The zero-order valence-electron chi connectivity index (χ0n) is 9.88. The molecule has 0 bridgehead atoms. The molecule has 1 atom stereocenters. The lowest BCUT2D eigenvalue weighted by molar-refractivity contribution is -0.135. The minimum absolute atomic E-state index is 0.221. The van der Waals surface area contributed by atoms with E-state index in [4.69, 9.17) is 16.3 Å². The summed E-state index contributed by atoms with van der Waals surface area (Å²) in [7, 11) is 0. The predicted molar refractivity (Wildman–Crippen MR) is 60.3 cm³/mol. The summed E-state index contributed by atoms with van der Waals surface area (Å²) in [6.07, 6.45) is -1.43. The normalized spacial score (nSPS) is 11.7. The first-order valence-corrected chi connectivity index (χ1v) is 5.55. The van der Waals surface area contributed by atoms with Gasteiger partial charge in [-0.1, -0.05) is 31.5 Å². The van der Waals surface area contributed by atoms with Gasteiger partial charge in [-0.3, -0.25) is 4.52 Å². The van der Waals surface area contributed by atoms with Crippen LogP contribution in [0.3, 0.4) is 0 Å². The summed E-state index contributed by atoms with van der Waals surface area (Å²) in [5.74, 6) is -2.39. The maximum Gasteiger partial charge on any atom is 0.542 e. The molecular formula is C10H10ClNO7. The number of nitrogens with zero attached hydrogens (tertiary/aromatic N) is 1. The summed E-state index contributed by atoms with van der Waals surface area (Å²) in [6, 6.07) is 0. The van der Waals surface area contributed by atoms with Crippen molar-refractivity contribution in [2.45, 2.75) is 25.9 Å². The fourth-order valence-electron chi connectivity index (χ4n) is 1.10. The van der Waals surface area contributed by atoms with Crippen molar-refractivity contribution >= 4 is 23.7 Å². The quantitative estimate of drug-likeness (QED) is 0.459. The third-order valence-electron chi connectivity index (χ3n) is 1.86. The second-order valence-electron chi connectivity index (χ2n) is 3.31. The van der Waals surface area contributed by atoms with Crippen LogP contribution < -0.4 is 5.82 Å². The highest BCUT2D eigenvalue weighted by atomic mass is 35.5. The standard InChI is InChI=1S/C10H10ClNO7/c1-3-4-6(7-12-19-10(15)17-7)16-9(14)18-8(13)5(2)11/h6H,2-4H2,1H3. The molecule has 0 aliphatic carbocycles. The number of carbonyl (C=O) groups excluding carboxylic acids is 2. The number of hydrogen-bond donors (Lipinski definition) is 0. The topological polar surface area (TPSA) is 109 Å². The van der Waals surface area contributed by atoms with E-state index in [0.29, 0.717) is 12.8 Å². The molecule has 1 aromatic heterocycles. The fourth-order valence-corrected chi connectivity index (χ4v) is 1.13. The highest BCUT2D eigenvalue weighted by molar-refractivity contribution is 6.41. The van der Waals surface area contributed by atoms with Crippen molar-refractivity contribution in [2.24, 2.45) is 0 Å². The molecule has 19 heavy (non-hydrogen) atoms. The molecule has 1 rings (SSSR count). The molecule has 0 radical (unpaired) electrons. The van der Waals surface area contributed by atoms with Crippen molar-refractivity contribution in [2.75, 3.05) is 0 Å². The number of hydrogen-bond acceptors (Lipinski definition) is 8. The van der Waals surface area contributed by atoms with Gasteiger partial charge in [0, 0.05) is 0 Å². The van der Waals surface area contributed by atoms with Gasteiger partial charge in [-0.25, -0.2) is 14.4 Å². The Morgan fingerprint density at radius 3 is 2.68 bits per heavy atom. The van der Waals surface area contributed by atoms with Crippen LogP contribution in [-0.2, 0) is 14.3 Å². The van der Waals surface area contributed by atoms with Crippen molar-refractivity contribution in [1.82, 2.24) is 5.16 Å². The lowest BCUT2D eigenvalue weighted by Crippen LogP contribution is -2.17. The van der Waals surface area contributed by atoms with E-state index in [0.717, 1.165) is 0 Å². The van der Waals surface area contributed by atoms with Gasteiger partial charge in [-0.2, -0.15) is 0 Å². The Morgan fingerprint density at radius 1 is 1.53 bits per heavy atom. The Kier molecular flexibility index (Phi) is 5.31. The minimum atomic E-state index is -1.31. The molecular weight excluding hydrogens is 282 g/mol. The molecule has 0 amide bonds. The Morgan fingerprint density at radius 2 is 2.21 bits per heavy atom. The van der Waals surface area contributed by atoms with Crippen molar-refractivity contribution in [3.05, 3.63) is 28.1 Å². The molecule has 0 aliphatic rings. The molecule has 0 saturated carbocycles. The van der Waals surface area contributed by atoms with Gasteiger partial charge in [-0.05, 0) is 11.6 Å². The van der Waals surface area contributed by atoms with E-state index in [2.05, 4.69) is 25.4 Å². The lowest BCUT2D eigenvalue weighted by atomic mass is 10.2. The molecule has 1 heterocycles. The molecule has 0 spiro atoms. The van der Waals surface area contributed by atoms with E-state index in [1.54, 1.807) is 6.92 Å². The number of rotatable bonds is 5. The van der Waals surface area contributed by atoms with E-state index < -0.39 is 29.1 Å². The van der Waals surface area contributed by atoms with Gasteiger partial charge in [-0.15, -0.1) is 0 Å². The van der Waals surface area contributed by atoms with Crippen LogP contribution >= 0.6 is 11.6 Å². The molecule has 0 saturated heterocycles. The molecule has 0 aliphatic heterocycles. The summed E-state index contributed by atoms with van der Waals surface area (Å²) in [5, 5.41) is 2.81. The maximum atomic E-state index is 11.3. The average molecular weight is 292 g/mol. The van der Waals surface area contributed by atoms with Gasteiger partial charge in [0.1, 0.15) is 5.03 Å². The largest absolute Gasteiger partial charge is 0.542 e. The van der Waals surface area contributed by atoms with Crippen molar-refractivity contribution in [1.29, 1.82) is 0 Å². The van der Waals surface area contributed by atoms with Crippen LogP contribution in [0.2, 0.25) is 0 Å². The van der Waals surface area contributed by atoms with Crippen LogP contribution in [0.1, 0.15) is 31.8 Å². The molecule has 1 unspecified atom stereocenters. The van der Waals surface area contributed by atoms with Crippen LogP contribution in [0.4, 0.5) is 4.79 Å². The average Bonchev–Trinajstić information content (AvgIpc) is 2.75. The fraction of sp³-hybridized carbons (Fsp3) is 0.400. The molecule has 104 valence electrons. The zero-order valence-corrected chi connectivity index (χ0v) is 10.6. The van der Waals surface area contributed by atoms with Gasteiger partial charge < -0.3 is 13.9 Å². The minimum Gasteiger partial charge on any atom is -0.420 e. The Labute approximate surface area is 111 Å². The second kappa shape index (κ2) is 6.74. The molecule has 0 aromatic carbocycles. The van der Waals surface area contributed by atoms with Gasteiger partial charge in [0.25, 0.3) is 5.89 Å². The third-order valence-corrected chi connectivity index (χ3v) is 2.01.